The predicted octanol–water partition coefficient (Wildman–Crippen LogP) is 5.49. The van der Waals surface area contributed by atoms with Crippen LogP contribution in [0.3, 0.4) is 0 Å². The van der Waals surface area contributed by atoms with Gasteiger partial charge in [0, 0.05) is 21.2 Å². The highest BCUT2D eigenvalue weighted by atomic mass is 79.9. The fraction of sp³-hybridized carbons (Fsp3) is 0.625. The van der Waals surface area contributed by atoms with Crippen molar-refractivity contribution in [3.05, 3.63) is 28.7 Å². The van der Waals surface area contributed by atoms with Crippen LogP contribution in [-0.4, -0.2) is 18.3 Å². The highest BCUT2D eigenvalue weighted by Crippen LogP contribution is 2.23. The summed E-state index contributed by atoms with van der Waals surface area (Å²) in [5, 5.41) is 3.68. The van der Waals surface area contributed by atoms with Crippen molar-refractivity contribution in [1.29, 1.82) is 0 Å². The third-order valence-corrected chi connectivity index (χ3v) is 4.74. The van der Waals surface area contributed by atoms with Crippen molar-refractivity contribution in [1.82, 2.24) is 5.32 Å². The second-order valence-corrected chi connectivity index (χ2v) is 6.92. The summed E-state index contributed by atoms with van der Waals surface area (Å²) in [6.07, 6.45) is 6.52. The van der Waals surface area contributed by atoms with E-state index in [1.807, 2.05) is 11.8 Å². The average Bonchev–Trinajstić information content (AvgIpc) is 2.41. The summed E-state index contributed by atoms with van der Waals surface area (Å²) in [6, 6.07) is 9.23. The molecule has 1 N–H and O–H groups in total. The van der Waals surface area contributed by atoms with Gasteiger partial charge in [0.1, 0.15) is 0 Å². The van der Waals surface area contributed by atoms with Crippen molar-refractivity contribution in [2.24, 2.45) is 0 Å². The van der Waals surface area contributed by atoms with Gasteiger partial charge in [0.15, 0.2) is 0 Å². The number of rotatable bonds is 10. The van der Waals surface area contributed by atoms with Crippen LogP contribution in [0.1, 0.15) is 46.0 Å². The summed E-state index contributed by atoms with van der Waals surface area (Å²) in [5.41, 5.74) is 0. The zero-order valence-corrected chi connectivity index (χ0v) is 14.5. The summed E-state index contributed by atoms with van der Waals surface area (Å²) in [6.45, 7) is 5.64. The van der Waals surface area contributed by atoms with Crippen LogP contribution in [0.25, 0.3) is 0 Å². The lowest BCUT2D eigenvalue weighted by Gasteiger charge is -2.18. The average molecular weight is 344 g/mol. The van der Waals surface area contributed by atoms with Gasteiger partial charge in [-0.1, -0.05) is 55.1 Å². The molecule has 0 spiro atoms. The smallest absolute Gasteiger partial charge is 0.0186 e. The molecule has 0 aromatic heterocycles. The number of halogens is 1. The monoisotopic (exact) mass is 343 g/mol. The van der Waals surface area contributed by atoms with Crippen molar-refractivity contribution in [2.45, 2.75) is 56.9 Å². The summed E-state index contributed by atoms with van der Waals surface area (Å²) in [5.74, 6) is 1.17. The fourth-order valence-corrected chi connectivity index (χ4v) is 3.60. The Labute approximate surface area is 131 Å². The number of unbranched alkanes of at least 4 members (excludes halogenated alkanes) is 2. The van der Waals surface area contributed by atoms with E-state index in [1.54, 1.807) is 0 Å². The van der Waals surface area contributed by atoms with Gasteiger partial charge in [-0.15, -0.1) is 11.8 Å². The minimum atomic E-state index is 0.649. The molecular weight excluding hydrogens is 318 g/mol. The lowest BCUT2D eigenvalue weighted by molar-refractivity contribution is 0.493. The van der Waals surface area contributed by atoms with E-state index in [1.165, 1.54) is 47.2 Å². The molecule has 0 radical (unpaired) electrons. The van der Waals surface area contributed by atoms with Gasteiger partial charge in [-0.2, -0.15) is 0 Å². The van der Waals surface area contributed by atoms with E-state index in [0.29, 0.717) is 6.04 Å². The molecule has 0 amide bonds. The Bertz CT molecular complexity index is 343. The molecule has 0 fully saturated rings. The van der Waals surface area contributed by atoms with Gasteiger partial charge >= 0.3 is 0 Å². The van der Waals surface area contributed by atoms with Crippen LogP contribution in [-0.2, 0) is 0 Å². The minimum Gasteiger partial charge on any atom is -0.313 e. The Morgan fingerprint density at radius 3 is 2.74 bits per heavy atom. The maximum absolute atomic E-state index is 3.68. The van der Waals surface area contributed by atoms with Crippen molar-refractivity contribution >= 4 is 27.7 Å². The second kappa shape index (κ2) is 10.8. The van der Waals surface area contributed by atoms with Gasteiger partial charge in [0.05, 0.1) is 0 Å². The van der Waals surface area contributed by atoms with E-state index in [2.05, 4.69) is 59.4 Å². The van der Waals surface area contributed by atoms with Crippen LogP contribution in [0.4, 0.5) is 0 Å². The lowest BCUT2D eigenvalue weighted by atomic mass is 10.1. The highest BCUT2D eigenvalue weighted by molar-refractivity contribution is 9.10. The van der Waals surface area contributed by atoms with Crippen molar-refractivity contribution in [2.75, 3.05) is 12.3 Å². The number of nitrogens with one attached hydrogen (secondary N) is 1. The molecule has 1 aromatic rings. The lowest BCUT2D eigenvalue weighted by Crippen LogP contribution is -2.31. The van der Waals surface area contributed by atoms with E-state index in [9.17, 15) is 0 Å². The second-order valence-electron chi connectivity index (χ2n) is 4.92. The first-order chi connectivity index (χ1) is 9.26. The molecule has 1 nitrogen and oxygen atoms in total. The van der Waals surface area contributed by atoms with Crippen molar-refractivity contribution in [3.8, 4) is 0 Å². The maximum Gasteiger partial charge on any atom is 0.0186 e. The van der Waals surface area contributed by atoms with E-state index in [0.717, 1.165) is 6.54 Å². The largest absolute Gasteiger partial charge is 0.313 e. The first-order valence-corrected chi connectivity index (χ1v) is 9.15. The molecule has 0 aliphatic carbocycles. The Morgan fingerprint density at radius 2 is 2.05 bits per heavy atom. The van der Waals surface area contributed by atoms with Gasteiger partial charge in [-0.3, -0.25) is 0 Å². The van der Waals surface area contributed by atoms with Crippen molar-refractivity contribution < 1.29 is 0 Å². The molecule has 0 heterocycles. The molecule has 1 aromatic carbocycles. The molecule has 1 rings (SSSR count). The molecule has 1 atom stereocenters. The number of benzene rings is 1. The molecule has 19 heavy (non-hydrogen) atoms. The van der Waals surface area contributed by atoms with Crippen LogP contribution in [0, 0.1) is 0 Å². The third-order valence-electron chi connectivity index (χ3n) is 3.09. The zero-order chi connectivity index (χ0) is 13.9. The molecule has 1 unspecified atom stereocenters. The zero-order valence-electron chi connectivity index (χ0n) is 12.1. The summed E-state index contributed by atoms with van der Waals surface area (Å²) in [4.78, 5) is 1.35. The van der Waals surface area contributed by atoms with Crippen LogP contribution in [0.5, 0.6) is 0 Å². The standard InChI is InChI=1S/C16H26BrNS/c1-3-5-6-9-15(18-11-4-2)13-19-16-10-7-8-14(17)12-16/h7-8,10,12,15,18H,3-6,9,11,13H2,1-2H3. The SMILES string of the molecule is CCCCCC(CSc1cccc(Br)c1)NCCC. The number of hydrogen-bond donors (Lipinski definition) is 1. The van der Waals surface area contributed by atoms with Gasteiger partial charge in [0.25, 0.3) is 0 Å². The highest BCUT2D eigenvalue weighted by Gasteiger charge is 2.08. The summed E-state index contributed by atoms with van der Waals surface area (Å²) in [7, 11) is 0. The van der Waals surface area contributed by atoms with E-state index in [-0.39, 0.29) is 0 Å². The van der Waals surface area contributed by atoms with Crippen LogP contribution in [0.15, 0.2) is 33.6 Å². The van der Waals surface area contributed by atoms with Gasteiger partial charge in [-0.05, 0) is 37.6 Å². The molecule has 0 bridgehead atoms. The van der Waals surface area contributed by atoms with Crippen LogP contribution < -0.4 is 5.32 Å². The Balaban J connectivity index is 2.37. The predicted molar refractivity (Wildman–Crippen MR) is 91.1 cm³/mol. The third kappa shape index (κ3) is 8.01. The maximum atomic E-state index is 3.68. The van der Waals surface area contributed by atoms with Gasteiger partial charge < -0.3 is 5.32 Å². The molecule has 0 saturated heterocycles. The molecule has 0 aliphatic rings. The Morgan fingerprint density at radius 1 is 1.21 bits per heavy atom. The molecular formula is C16H26BrNS. The summed E-state index contributed by atoms with van der Waals surface area (Å²) >= 11 is 5.49. The van der Waals surface area contributed by atoms with Crippen LogP contribution in [0.2, 0.25) is 0 Å². The van der Waals surface area contributed by atoms with E-state index in [4.69, 9.17) is 0 Å². The Hall–Kier alpha value is 0.01000. The normalized spacial score (nSPS) is 12.6. The quantitative estimate of drug-likeness (QED) is 0.445. The molecule has 0 saturated carbocycles. The first-order valence-electron chi connectivity index (χ1n) is 7.38. The number of thioether (sulfide) groups is 1. The molecule has 3 heteroatoms. The topological polar surface area (TPSA) is 12.0 Å². The Kier molecular flexibility index (Phi) is 9.66. The first kappa shape index (κ1) is 17.1. The van der Waals surface area contributed by atoms with Crippen LogP contribution >= 0.6 is 27.7 Å². The summed E-state index contributed by atoms with van der Waals surface area (Å²) < 4.78 is 1.17. The molecule has 108 valence electrons. The molecule has 0 aliphatic heterocycles. The van der Waals surface area contributed by atoms with Crippen molar-refractivity contribution in [3.63, 3.8) is 0 Å². The van der Waals surface area contributed by atoms with Gasteiger partial charge in [-0.25, -0.2) is 0 Å². The van der Waals surface area contributed by atoms with E-state index < -0.39 is 0 Å². The van der Waals surface area contributed by atoms with Gasteiger partial charge in [0.2, 0.25) is 0 Å². The minimum absolute atomic E-state index is 0.649. The fourth-order valence-electron chi connectivity index (χ4n) is 1.99. The van der Waals surface area contributed by atoms with E-state index >= 15 is 0 Å². The number of hydrogen-bond acceptors (Lipinski definition) is 2.